The van der Waals surface area contributed by atoms with Crippen molar-refractivity contribution in [2.24, 2.45) is 0 Å². The number of benzene rings is 3. The maximum atomic E-state index is 15.4. The van der Waals surface area contributed by atoms with E-state index in [-0.39, 0.29) is 30.1 Å². The molecule has 0 amide bonds. The molecule has 2 saturated heterocycles. The molecule has 1 aromatic heterocycles. The molecule has 11 heteroatoms. The van der Waals surface area contributed by atoms with E-state index >= 15 is 4.39 Å². The van der Waals surface area contributed by atoms with Gasteiger partial charge in [0.25, 0.3) is 0 Å². The zero-order chi connectivity index (χ0) is 30.3. The first-order valence-corrected chi connectivity index (χ1v) is 14.5. The van der Waals surface area contributed by atoms with Crippen LogP contribution in [0.5, 0.6) is 5.75 Å². The Labute approximate surface area is 246 Å². The summed E-state index contributed by atoms with van der Waals surface area (Å²) in [5.74, 6) is 0.0473. The van der Waals surface area contributed by atoms with Crippen LogP contribution in [0.4, 0.5) is 23.2 Å². The molecule has 3 heterocycles. The van der Waals surface area contributed by atoms with Crippen molar-refractivity contribution >= 4 is 16.7 Å². The molecule has 2 aliphatic rings. The third kappa shape index (κ3) is 5.63. The van der Waals surface area contributed by atoms with Crippen LogP contribution < -0.4 is 15.3 Å². The molecule has 3 aromatic carbocycles. The molecular weight excluding hydrogens is 564 g/mol. The monoisotopic (exact) mass is 598 g/mol. The first-order valence-electron chi connectivity index (χ1n) is 14.5. The molecule has 1 unspecified atom stereocenters. The van der Waals surface area contributed by atoms with Crippen LogP contribution in [0.2, 0.25) is 0 Å². The number of para-hydroxylation sites is 2. The number of aliphatic hydroxyl groups excluding tert-OH is 1. The number of fused-ring (bicyclic) bond motifs is 1. The molecule has 2 fully saturated rings. The van der Waals surface area contributed by atoms with Gasteiger partial charge in [-0.2, -0.15) is 13.2 Å². The first kappa shape index (κ1) is 29.3. The van der Waals surface area contributed by atoms with Gasteiger partial charge in [-0.25, -0.2) is 9.18 Å². The molecule has 0 aliphatic carbocycles. The van der Waals surface area contributed by atoms with Gasteiger partial charge in [0.2, 0.25) is 0 Å². The molecule has 0 spiro atoms. The molecule has 1 atom stereocenters. The van der Waals surface area contributed by atoms with Gasteiger partial charge < -0.3 is 14.7 Å². The normalized spacial score (nSPS) is 18.6. The summed E-state index contributed by atoms with van der Waals surface area (Å²) in [7, 11) is 1.46. The highest BCUT2D eigenvalue weighted by atomic mass is 19.4. The quantitative estimate of drug-likeness (QED) is 0.288. The minimum Gasteiger partial charge on any atom is -0.494 e. The van der Waals surface area contributed by atoms with E-state index in [0.29, 0.717) is 61.4 Å². The van der Waals surface area contributed by atoms with Gasteiger partial charge in [-0.1, -0.05) is 36.4 Å². The highest BCUT2D eigenvalue weighted by Crippen LogP contribution is 2.36. The molecule has 0 saturated carbocycles. The fourth-order valence-corrected chi connectivity index (χ4v) is 6.59. The van der Waals surface area contributed by atoms with Gasteiger partial charge in [0, 0.05) is 32.7 Å². The number of anilines is 1. The molecule has 0 bridgehead atoms. The Kier molecular flexibility index (Phi) is 7.95. The topological polar surface area (TPSA) is 62.9 Å². The number of rotatable bonds is 7. The highest BCUT2D eigenvalue weighted by Gasteiger charge is 2.35. The summed E-state index contributed by atoms with van der Waals surface area (Å²) >= 11 is 0. The van der Waals surface area contributed by atoms with E-state index in [9.17, 15) is 23.1 Å². The summed E-state index contributed by atoms with van der Waals surface area (Å²) in [6.07, 6.45) is -2.96. The minimum absolute atomic E-state index is 0.0173. The van der Waals surface area contributed by atoms with E-state index < -0.39 is 17.4 Å². The molecule has 0 radical (unpaired) electrons. The Balaban J connectivity index is 1.35. The van der Waals surface area contributed by atoms with Crippen LogP contribution in [0.25, 0.3) is 11.0 Å². The summed E-state index contributed by atoms with van der Waals surface area (Å²) in [4.78, 5) is 18.2. The number of methoxy groups -OCH3 is 1. The Hall–Kier alpha value is -3.83. The summed E-state index contributed by atoms with van der Waals surface area (Å²) < 4.78 is 65.4. The Bertz CT molecular complexity index is 1670. The summed E-state index contributed by atoms with van der Waals surface area (Å²) in [5.41, 5.74) is 1.08. The van der Waals surface area contributed by atoms with Gasteiger partial charge >= 0.3 is 11.9 Å². The fourth-order valence-electron chi connectivity index (χ4n) is 6.59. The smallest absolute Gasteiger partial charge is 0.416 e. The zero-order valence-corrected chi connectivity index (χ0v) is 23.9. The number of hydrogen-bond donors (Lipinski definition) is 1. The number of nitrogens with zero attached hydrogens (tertiary/aromatic N) is 4. The van der Waals surface area contributed by atoms with Crippen LogP contribution in [0.1, 0.15) is 42.0 Å². The molecule has 1 N–H and O–H groups in total. The highest BCUT2D eigenvalue weighted by molar-refractivity contribution is 5.83. The lowest BCUT2D eigenvalue weighted by atomic mass is 10.1. The van der Waals surface area contributed by atoms with Gasteiger partial charge in [0.1, 0.15) is 17.1 Å². The fraction of sp³-hybridized carbons (Fsp3) is 0.406. The zero-order valence-electron chi connectivity index (χ0n) is 23.9. The minimum atomic E-state index is -4.57. The molecule has 43 heavy (non-hydrogen) atoms. The third-order valence-corrected chi connectivity index (χ3v) is 8.68. The van der Waals surface area contributed by atoms with E-state index in [4.69, 9.17) is 4.74 Å². The second-order valence-electron chi connectivity index (χ2n) is 11.4. The van der Waals surface area contributed by atoms with E-state index in [1.165, 1.54) is 35.9 Å². The Morgan fingerprint density at radius 3 is 2.37 bits per heavy atom. The van der Waals surface area contributed by atoms with Crippen LogP contribution in [0.3, 0.4) is 0 Å². The van der Waals surface area contributed by atoms with Crippen LogP contribution in [0.15, 0.2) is 65.5 Å². The van der Waals surface area contributed by atoms with Crippen LogP contribution in [0, 0.1) is 5.82 Å². The van der Waals surface area contributed by atoms with Crippen LogP contribution in [-0.2, 0) is 19.3 Å². The summed E-state index contributed by atoms with van der Waals surface area (Å²) in [6.45, 7) is 2.61. The van der Waals surface area contributed by atoms with Gasteiger partial charge in [0.15, 0.2) is 0 Å². The standard InChI is InChI=1S/C32H34F4N4O3/c1-43-28-11-5-10-27-30(28)39(19-21-6-2-3-8-25(21)32(34,35)36)31(42)40(27)23-12-17-38(20-23)29-22(7-4-9-26(29)33)18-37-15-13-24(41)14-16-37/h2-11,23-24,41H,12-20H2,1H3. The number of hydrogen-bond acceptors (Lipinski definition) is 5. The van der Waals surface area contributed by atoms with Crippen molar-refractivity contribution in [1.82, 2.24) is 14.0 Å². The van der Waals surface area contributed by atoms with E-state index in [0.717, 1.165) is 24.7 Å². The maximum absolute atomic E-state index is 15.4. The average molecular weight is 599 g/mol. The lowest BCUT2D eigenvalue weighted by Crippen LogP contribution is -2.36. The lowest BCUT2D eigenvalue weighted by molar-refractivity contribution is -0.138. The summed E-state index contributed by atoms with van der Waals surface area (Å²) in [5, 5.41) is 9.88. The number of alkyl halides is 3. The van der Waals surface area contributed by atoms with Crippen molar-refractivity contribution in [3.63, 3.8) is 0 Å². The maximum Gasteiger partial charge on any atom is 0.416 e. The predicted octanol–water partition coefficient (Wildman–Crippen LogP) is 5.43. The molecule has 4 aromatic rings. The van der Waals surface area contributed by atoms with Gasteiger partial charge in [-0.15, -0.1) is 0 Å². The van der Waals surface area contributed by atoms with Crippen LogP contribution >= 0.6 is 0 Å². The summed E-state index contributed by atoms with van der Waals surface area (Å²) in [6, 6.07) is 15.2. The third-order valence-electron chi connectivity index (χ3n) is 8.68. The number of likely N-dealkylation sites (tertiary alicyclic amines) is 1. The van der Waals surface area contributed by atoms with Crippen molar-refractivity contribution in [2.75, 3.05) is 38.2 Å². The Morgan fingerprint density at radius 1 is 0.907 bits per heavy atom. The van der Waals surface area contributed by atoms with Crippen molar-refractivity contribution in [3.8, 4) is 5.75 Å². The number of aromatic nitrogens is 2. The number of imidazole rings is 1. The predicted molar refractivity (Wildman–Crippen MR) is 156 cm³/mol. The number of halogens is 4. The molecule has 7 nitrogen and oxygen atoms in total. The number of piperidine rings is 1. The Morgan fingerprint density at radius 2 is 1.63 bits per heavy atom. The van der Waals surface area contributed by atoms with E-state index in [1.54, 1.807) is 28.8 Å². The first-order chi connectivity index (χ1) is 20.7. The van der Waals surface area contributed by atoms with E-state index in [1.807, 2.05) is 11.0 Å². The van der Waals surface area contributed by atoms with Crippen molar-refractivity contribution < 1.29 is 27.4 Å². The molecule has 6 rings (SSSR count). The van der Waals surface area contributed by atoms with Gasteiger partial charge in [-0.05, 0) is 54.7 Å². The van der Waals surface area contributed by atoms with Crippen molar-refractivity contribution in [1.29, 1.82) is 0 Å². The SMILES string of the molecule is COc1cccc2c1n(Cc1ccccc1C(F)(F)F)c(=O)n2C1CCN(c2c(F)cccc2CN2CCC(O)CC2)C1. The number of ether oxygens (including phenoxy) is 1. The molecule has 2 aliphatic heterocycles. The lowest BCUT2D eigenvalue weighted by Gasteiger charge is -2.31. The molecular formula is C32H34F4N4O3. The van der Waals surface area contributed by atoms with Gasteiger partial charge in [-0.3, -0.25) is 14.0 Å². The average Bonchev–Trinajstić information content (AvgIpc) is 3.56. The van der Waals surface area contributed by atoms with Crippen LogP contribution in [-0.4, -0.2) is 58.5 Å². The van der Waals surface area contributed by atoms with Gasteiger partial charge in [0.05, 0.1) is 42.6 Å². The second kappa shape index (κ2) is 11.7. The van der Waals surface area contributed by atoms with Crippen molar-refractivity contribution in [3.05, 3.63) is 93.7 Å². The number of aliphatic hydroxyl groups is 1. The van der Waals surface area contributed by atoms with Crippen molar-refractivity contribution in [2.45, 2.75) is 50.7 Å². The van der Waals surface area contributed by atoms with E-state index in [2.05, 4.69) is 4.90 Å². The largest absolute Gasteiger partial charge is 0.494 e. The molecule has 228 valence electrons. The second-order valence-corrected chi connectivity index (χ2v) is 11.4.